The maximum Gasteiger partial charge on any atom is 0.0409 e. The SMILES string of the molecule is CCCNC(c1cccc(Cl)c1)C(C)c1ccccc1. The third-order valence-corrected chi connectivity index (χ3v) is 3.88. The zero-order valence-electron chi connectivity index (χ0n) is 12.1. The highest BCUT2D eigenvalue weighted by Crippen LogP contribution is 2.31. The van der Waals surface area contributed by atoms with Crippen LogP contribution in [0.1, 0.15) is 43.4 Å². The standard InChI is InChI=1S/C18H22ClN/c1-3-12-20-18(16-10-7-11-17(19)13-16)14(2)15-8-5-4-6-9-15/h4-11,13-14,18,20H,3,12H2,1-2H3. The van der Waals surface area contributed by atoms with E-state index in [-0.39, 0.29) is 6.04 Å². The van der Waals surface area contributed by atoms with E-state index in [4.69, 9.17) is 11.6 Å². The Hall–Kier alpha value is -1.31. The molecule has 0 fully saturated rings. The summed E-state index contributed by atoms with van der Waals surface area (Å²) in [5.41, 5.74) is 2.60. The molecule has 2 unspecified atom stereocenters. The molecule has 2 atom stereocenters. The molecule has 0 aliphatic heterocycles. The summed E-state index contributed by atoms with van der Waals surface area (Å²) in [5.74, 6) is 0.404. The van der Waals surface area contributed by atoms with Gasteiger partial charge in [-0.25, -0.2) is 0 Å². The van der Waals surface area contributed by atoms with Crippen molar-refractivity contribution in [2.24, 2.45) is 0 Å². The lowest BCUT2D eigenvalue weighted by Gasteiger charge is -2.26. The fourth-order valence-corrected chi connectivity index (χ4v) is 2.73. The fourth-order valence-electron chi connectivity index (χ4n) is 2.53. The van der Waals surface area contributed by atoms with Crippen LogP contribution in [0.15, 0.2) is 54.6 Å². The molecule has 0 aromatic heterocycles. The molecular formula is C18H22ClN. The normalized spacial score (nSPS) is 13.9. The van der Waals surface area contributed by atoms with Crippen LogP contribution in [0.3, 0.4) is 0 Å². The van der Waals surface area contributed by atoms with Gasteiger partial charge in [-0.2, -0.15) is 0 Å². The lowest BCUT2D eigenvalue weighted by atomic mass is 9.88. The third-order valence-electron chi connectivity index (χ3n) is 3.65. The van der Waals surface area contributed by atoms with E-state index in [0.29, 0.717) is 5.92 Å². The van der Waals surface area contributed by atoms with Gasteiger partial charge in [0.2, 0.25) is 0 Å². The van der Waals surface area contributed by atoms with Gasteiger partial charge in [0, 0.05) is 17.0 Å². The van der Waals surface area contributed by atoms with Gasteiger partial charge in [0.05, 0.1) is 0 Å². The molecule has 0 aliphatic rings. The Labute approximate surface area is 127 Å². The summed E-state index contributed by atoms with van der Waals surface area (Å²) in [6, 6.07) is 19.1. The van der Waals surface area contributed by atoms with Crippen LogP contribution < -0.4 is 5.32 Å². The molecule has 0 amide bonds. The minimum Gasteiger partial charge on any atom is -0.309 e. The maximum absolute atomic E-state index is 6.15. The van der Waals surface area contributed by atoms with E-state index < -0.39 is 0 Å². The topological polar surface area (TPSA) is 12.0 Å². The molecule has 0 spiro atoms. The molecule has 0 aliphatic carbocycles. The molecule has 2 aromatic rings. The maximum atomic E-state index is 6.15. The van der Waals surface area contributed by atoms with Gasteiger partial charge >= 0.3 is 0 Å². The van der Waals surface area contributed by atoms with Crippen molar-refractivity contribution < 1.29 is 0 Å². The summed E-state index contributed by atoms with van der Waals surface area (Å²) in [7, 11) is 0. The average Bonchev–Trinajstić information content (AvgIpc) is 2.48. The molecular weight excluding hydrogens is 266 g/mol. The summed E-state index contributed by atoms with van der Waals surface area (Å²) in [6.07, 6.45) is 1.12. The lowest BCUT2D eigenvalue weighted by Crippen LogP contribution is -2.26. The van der Waals surface area contributed by atoms with E-state index in [9.17, 15) is 0 Å². The highest BCUT2D eigenvalue weighted by atomic mass is 35.5. The van der Waals surface area contributed by atoms with Gasteiger partial charge < -0.3 is 5.32 Å². The van der Waals surface area contributed by atoms with Gasteiger partial charge in [-0.05, 0) is 36.2 Å². The third kappa shape index (κ3) is 3.84. The van der Waals surface area contributed by atoms with Crippen LogP contribution in [0.4, 0.5) is 0 Å². The number of halogens is 1. The second-order valence-corrected chi connectivity index (χ2v) is 5.62. The summed E-state index contributed by atoms with van der Waals surface area (Å²) in [5, 5.41) is 4.45. The second-order valence-electron chi connectivity index (χ2n) is 5.19. The molecule has 0 saturated carbocycles. The highest BCUT2D eigenvalue weighted by molar-refractivity contribution is 6.30. The molecule has 0 bridgehead atoms. The van der Waals surface area contributed by atoms with Gasteiger partial charge in [-0.15, -0.1) is 0 Å². The second kappa shape index (κ2) is 7.47. The minimum absolute atomic E-state index is 0.288. The number of rotatable bonds is 6. The largest absolute Gasteiger partial charge is 0.309 e. The van der Waals surface area contributed by atoms with Crippen molar-refractivity contribution in [1.29, 1.82) is 0 Å². The van der Waals surface area contributed by atoms with Crippen molar-refractivity contribution in [3.8, 4) is 0 Å². The van der Waals surface area contributed by atoms with Crippen molar-refractivity contribution in [3.63, 3.8) is 0 Å². The Morgan fingerprint density at radius 2 is 1.70 bits per heavy atom. The number of hydrogen-bond donors (Lipinski definition) is 1. The number of nitrogens with one attached hydrogen (secondary N) is 1. The van der Waals surface area contributed by atoms with E-state index in [0.717, 1.165) is 18.0 Å². The van der Waals surface area contributed by atoms with E-state index in [2.05, 4.69) is 61.6 Å². The Morgan fingerprint density at radius 1 is 1.00 bits per heavy atom. The molecule has 0 saturated heterocycles. The van der Waals surface area contributed by atoms with Crippen LogP contribution in [0.5, 0.6) is 0 Å². The van der Waals surface area contributed by atoms with Crippen LogP contribution in [-0.2, 0) is 0 Å². The number of hydrogen-bond acceptors (Lipinski definition) is 1. The Bertz CT molecular complexity index is 524. The first-order valence-electron chi connectivity index (χ1n) is 7.26. The van der Waals surface area contributed by atoms with Crippen molar-refractivity contribution in [3.05, 3.63) is 70.7 Å². The highest BCUT2D eigenvalue weighted by Gasteiger charge is 2.20. The molecule has 2 rings (SSSR count). The zero-order valence-corrected chi connectivity index (χ0v) is 12.9. The quantitative estimate of drug-likeness (QED) is 0.771. The predicted octanol–water partition coefficient (Wildman–Crippen LogP) is 5.18. The monoisotopic (exact) mass is 287 g/mol. The van der Waals surface area contributed by atoms with Crippen molar-refractivity contribution in [1.82, 2.24) is 5.32 Å². The summed E-state index contributed by atoms with van der Waals surface area (Å²) >= 11 is 6.15. The van der Waals surface area contributed by atoms with Gasteiger partial charge in [-0.1, -0.05) is 67.9 Å². The molecule has 1 N–H and O–H groups in total. The first-order chi connectivity index (χ1) is 9.72. The molecule has 20 heavy (non-hydrogen) atoms. The van der Waals surface area contributed by atoms with Crippen LogP contribution in [0, 0.1) is 0 Å². The van der Waals surface area contributed by atoms with E-state index in [1.165, 1.54) is 11.1 Å². The average molecular weight is 288 g/mol. The summed E-state index contributed by atoms with van der Waals surface area (Å²) in [4.78, 5) is 0. The molecule has 1 nitrogen and oxygen atoms in total. The molecule has 0 heterocycles. The van der Waals surface area contributed by atoms with Crippen LogP contribution in [0.2, 0.25) is 5.02 Å². The fraction of sp³-hybridized carbons (Fsp3) is 0.333. The van der Waals surface area contributed by atoms with Crippen LogP contribution >= 0.6 is 11.6 Å². The van der Waals surface area contributed by atoms with Gasteiger partial charge in [0.1, 0.15) is 0 Å². The summed E-state index contributed by atoms with van der Waals surface area (Å²) < 4.78 is 0. The number of benzene rings is 2. The zero-order chi connectivity index (χ0) is 14.4. The van der Waals surface area contributed by atoms with Gasteiger partial charge in [-0.3, -0.25) is 0 Å². The molecule has 0 radical (unpaired) electrons. The van der Waals surface area contributed by atoms with Crippen molar-refractivity contribution >= 4 is 11.6 Å². The van der Waals surface area contributed by atoms with Crippen LogP contribution in [0.25, 0.3) is 0 Å². The Kier molecular flexibility index (Phi) is 5.63. The summed E-state index contributed by atoms with van der Waals surface area (Å²) in [6.45, 7) is 5.47. The predicted molar refractivity (Wildman–Crippen MR) is 87.3 cm³/mol. The lowest BCUT2D eigenvalue weighted by molar-refractivity contribution is 0.466. The minimum atomic E-state index is 0.288. The van der Waals surface area contributed by atoms with E-state index in [1.54, 1.807) is 0 Å². The Balaban J connectivity index is 2.27. The Morgan fingerprint density at radius 3 is 2.35 bits per heavy atom. The first-order valence-corrected chi connectivity index (χ1v) is 7.64. The molecule has 106 valence electrons. The van der Waals surface area contributed by atoms with E-state index >= 15 is 0 Å². The van der Waals surface area contributed by atoms with Gasteiger partial charge in [0.15, 0.2) is 0 Å². The molecule has 2 heteroatoms. The van der Waals surface area contributed by atoms with Crippen LogP contribution in [-0.4, -0.2) is 6.54 Å². The van der Waals surface area contributed by atoms with E-state index in [1.807, 2.05) is 12.1 Å². The smallest absolute Gasteiger partial charge is 0.0409 e. The van der Waals surface area contributed by atoms with Gasteiger partial charge in [0.25, 0.3) is 0 Å². The molecule has 2 aromatic carbocycles. The first kappa shape index (κ1) is 15.1. The van der Waals surface area contributed by atoms with Crippen molar-refractivity contribution in [2.75, 3.05) is 6.54 Å². The van der Waals surface area contributed by atoms with Crippen molar-refractivity contribution in [2.45, 2.75) is 32.2 Å².